The van der Waals surface area contributed by atoms with Gasteiger partial charge in [-0.15, -0.1) is 0 Å². The van der Waals surface area contributed by atoms with E-state index in [1.807, 2.05) is 0 Å². The zero-order chi connectivity index (χ0) is 17.7. The van der Waals surface area contributed by atoms with Crippen LogP contribution in [0.5, 0.6) is 5.75 Å². The van der Waals surface area contributed by atoms with Gasteiger partial charge in [0.2, 0.25) is 9.84 Å². The van der Waals surface area contributed by atoms with Crippen molar-refractivity contribution < 1.29 is 22.3 Å². The van der Waals surface area contributed by atoms with Crippen LogP contribution in [0.2, 0.25) is 0 Å². The first-order chi connectivity index (χ1) is 12.1. The molecule has 0 bridgehead atoms. The molecule has 6 heteroatoms. The summed E-state index contributed by atoms with van der Waals surface area (Å²) in [6.07, 6.45) is 2.59. The molecule has 1 heterocycles. The summed E-state index contributed by atoms with van der Waals surface area (Å²) in [5, 5.41) is 0. The van der Waals surface area contributed by atoms with Crippen LogP contribution in [-0.2, 0) is 14.6 Å². The van der Waals surface area contributed by atoms with E-state index in [-0.39, 0.29) is 23.4 Å². The topological polar surface area (TPSA) is 52.6 Å². The van der Waals surface area contributed by atoms with Gasteiger partial charge >= 0.3 is 0 Å². The van der Waals surface area contributed by atoms with E-state index in [0.29, 0.717) is 12.2 Å². The molecule has 134 valence electrons. The number of benzene rings is 2. The maximum atomic E-state index is 12.9. The second-order valence-electron chi connectivity index (χ2n) is 6.10. The summed E-state index contributed by atoms with van der Waals surface area (Å²) in [5.41, 5.74) is -0.862. The van der Waals surface area contributed by atoms with Crippen molar-refractivity contribution in [2.24, 2.45) is 0 Å². The van der Waals surface area contributed by atoms with Crippen LogP contribution in [0.4, 0.5) is 4.39 Å². The summed E-state index contributed by atoms with van der Waals surface area (Å²) in [6.45, 7) is 0.243. The molecule has 0 aromatic heterocycles. The van der Waals surface area contributed by atoms with Gasteiger partial charge in [0.1, 0.15) is 18.2 Å². The summed E-state index contributed by atoms with van der Waals surface area (Å²) >= 11 is 0. The molecule has 0 saturated carbocycles. The quantitative estimate of drug-likeness (QED) is 0.806. The Labute approximate surface area is 147 Å². The summed E-state index contributed by atoms with van der Waals surface area (Å²) < 4.78 is 50.0. The lowest BCUT2D eigenvalue weighted by molar-refractivity contribution is 0.00492. The minimum atomic E-state index is -3.53. The molecule has 3 rings (SSSR count). The zero-order valence-electron chi connectivity index (χ0n) is 13.8. The zero-order valence-corrected chi connectivity index (χ0v) is 14.6. The van der Waals surface area contributed by atoms with Crippen LogP contribution in [0.25, 0.3) is 0 Å². The molecule has 1 fully saturated rings. The Morgan fingerprint density at radius 2 is 1.68 bits per heavy atom. The second kappa shape index (κ2) is 7.97. The van der Waals surface area contributed by atoms with Crippen molar-refractivity contribution in [3.63, 3.8) is 0 Å². The molecule has 25 heavy (non-hydrogen) atoms. The van der Waals surface area contributed by atoms with Crippen LogP contribution >= 0.6 is 0 Å². The van der Waals surface area contributed by atoms with E-state index in [4.69, 9.17) is 9.47 Å². The third-order valence-corrected chi connectivity index (χ3v) is 6.20. The minimum absolute atomic E-state index is 0.243. The lowest BCUT2D eigenvalue weighted by Gasteiger charge is -2.22. The Bertz CT molecular complexity index is 775. The number of halogens is 1. The van der Waals surface area contributed by atoms with Crippen LogP contribution in [0.15, 0.2) is 59.5 Å². The van der Waals surface area contributed by atoms with Gasteiger partial charge in [-0.25, -0.2) is 12.8 Å². The summed E-state index contributed by atoms with van der Waals surface area (Å²) in [7, 11) is -3.53. The Kier molecular flexibility index (Phi) is 5.71. The van der Waals surface area contributed by atoms with Crippen LogP contribution in [0, 0.1) is 5.82 Å². The Hall–Kier alpha value is -1.92. The van der Waals surface area contributed by atoms with Gasteiger partial charge in [0.05, 0.1) is 11.0 Å². The molecule has 4 nitrogen and oxygen atoms in total. The van der Waals surface area contributed by atoms with Gasteiger partial charge < -0.3 is 9.47 Å². The molecule has 1 saturated heterocycles. The van der Waals surface area contributed by atoms with Crippen molar-refractivity contribution in [1.29, 1.82) is 0 Å². The number of sulfone groups is 1. The van der Waals surface area contributed by atoms with E-state index in [1.165, 1.54) is 12.1 Å². The molecule has 2 aromatic rings. The highest BCUT2D eigenvalue weighted by molar-refractivity contribution is 7.91. The van der Waals surface area contributed by atoms with Crippen molar-refractivity contribution in [2.75, 3.05) is 6.61 Å². The molecular formula is C19H21FO4S. The van der Waals surface area contributed by atoms with Gasteiger partial charge in [0.25, 0.3) is 0 Å². The first-order valence-electron chi connectivity index (χ1n) is 8.38. The fraction of sp³-hybridized carbons (Fsp3) is 0.368. The fourth-order valence-electron chi connectivity index (χ4n) is 2.87. The van der Waals surface area contributed by atoms with E-state index >= 15 is 0 Å². The maximum absolute atomic E-state index is 12.9. The minimum Gasteiger partial charge on any atom is -0.491 e. The summed E-state index contributed by atoms with van der Waals surface area (Å²) in [6, 6.07) is 14.1. The van der Waals surface area contributed by atoms with E-state index in [0.717, 1.165) is 19.3 Å². The van der Waals surface area contributed by atoms with Gasteiger partial charge in [0, 0.05) is 0 Å². The molecule has 1 aliphatic heterocycles. The van der Waals surface area contributed by atoms with Crippen LogP contribution in [-0.4, -0.2) is 26.6 Å². The predicted molar refractivity (Wildman–Crippen MR) is 92.7 cm³/mol. The van der Waals surface area contributed by atoms with Gasteiger partial charge in [-0.3, -0.25) is 0 Å². The predicted octanol–water partition coefficient (Wildman–Crippen LogP) is 3.96. The van der Waals surface area contributed by atoms with Gasteiger partial charge in [-0.1, -0.05) is 24.6 Å². The van der Waals surface area contributed by atoms with Crippen molar-refractivity contribution in [3.8, 4) is 5.75 Å². The monoisotopic (exact) mass is 364 g/mol. The molecule has 0 aliphatic carbocycles. The molecule has 1 unspecified atom stereocenters. The smallest absolute Gasteiger partial charge is 0.205 e. The van der Waals surface area contributed by atoms with Crippen molar-refractivity contribution in [1.82, 2.24) is 0 Å². The van der Waals surface area contributed by atoms with Crippen LogP contribution in [0.1, 0.15) is 25.7 Å². The highest BCUT2D eigenvalue weighted by Crippen LogP contribution is 2.27. The van der Waals surface area contributed by atoms with Crippen molar-refractivity contribution in [3.05, 3.63) is 60.4 Å². The van der Waals surface area contributed by atoms with E-state index in [2.05, 4.69) is 0 Å². The highest BCUT2D eigenvalue weighted by Gasteiger charge is 2.32. The lowest BCUT2D eigenvalue weighted by atomic mass is 10.1. The molecule has 2 aromatic carbocycles. The SMILES string of the molecule is O=S(=O)(c1ccccc1)C1CCCC[C@@H](COc2ccc(F)cc2)O1. The fourth-order valence-corrected chi connectivity index (χ4v) is 4.49. The lowest BCUT2D eigenvalue weighted by Crippen LogP contribution is -2.31. The third kappa shape index (κ3) is 4.58. The van der Waals surface area contributed by atoms with Crippen molar-refractivity contribution in [2.45, 2.75) is 42.1 Å². The van der Waals surface area contributed by atoms with Crippen molar-refractivity contribution >= 4 is 9.84 Å². The maximum Gasteiger partial charge on any atom is 0.205 e. The van der Waals surface area contributed by atoms with Gasteiger partial charge in [-0.05, 0) is 55.7 Å². The molecule has 2 atom stereocenters. The normalized spacial score (nSPS) is 21.5. The molecule has 0 spiro atoms. The standard InChI is InChI=1S/C19H21FO4S/c20-15-10-12-16(13-11-15)23-14-17-6-4-5-9-19(24-17)25(21,22)18-7-2-1-3-8-18/h1-3,7-8,10-13,17,19H,4-6,9,14H2/t17-,19?/m0/s1. The van der Waals surface area contributed by atoms with Gasteiger partial charge in [0.15, 0.2) is 5.44 Å². The molecule has 0 amide bonds. The number of rotatable bonds is 5. The van der Waals surface area contributed by atoms with E-state index in [1.54, 1.807) is 42.5 Å². The summed E-state index contributed by atoms with van der Waals surface area (Å²) in [5.74, 6) is 0.212. The number of ether oxygens (including phenoxy) is 2. The second-order valence-corrected chi connectivity index (χ2v) is 8.18. The average molecular weight is 364 g/mol. The first-order valence-corrected chi connectivity index (χ1v) is 9.93. The Morgan fingerprint density at radius 3 is 2.40 bits per heavy atom. The Balaban J connectivity index is 1.67. The summed E-state index contributed by atoms with van der Waals surface area (Å²) in [4.78, 5) is 0.278. The molecule has 0 N–H and O–H groups in total. The number of hydrogen-bond donors (Lipinski definition) is 0. The van der Waals surface area contributed by atoms with Gasteiger partial charge in [-0.2, -0.15) is 0 Å². The largest absolute Gasteiger partial charge is 0.491 e. The van der Waals surface area contributed by atoms with E-state index in [9.17, 15) is 12.8 Å². The Morgan fingerprint density at radius 1 is 1.00 bits per heavy atom. The molecular weight excluding hydrogens is 343 g/mol. The van der Waals surface area contributed by atoms with Crippen LogP contribution < -0.4 is 4.74 Å². The highest BCUT2D eigenvalue weighted by atomic mass is 32.2. The average Bonchev–Trinajstić information content (AvgIpc) is 2.88. The number of hydrogen-bond acceptors (Lipinski definition) is 4. The third-order valence-electron chi connectivity index (χ3n) is 4.23. The first kappa shape index (κ1) is 17.9. The molecule has 1 aliphatic rings. The van der Waals surface area contributed by atoms with Crippen LogP contribution in [0.3, 0.4) is 0 Å². The molecule has 0 radical (unpaired) electrons. The van der Waals surface area contributed by atoms with E-state index < -0.39 is 15.3 Å².